The quantitative estimate of drug-likeness (QED) is 0.533. The molecule has 11 heavy (non-hydrogen) atoms. The highest BCUT2D eigenvalue weighted by Crippen LogP contribution is 1.99. The fourth-order valence-corrected chi connectivity index (χ4v) is 0.811. The normalized spacial score (nSPS) is 10.2. The minimum Gasteiger partial charge on any atom is -0.390 e. The van der Waals surface area contributed by atoms with Gasteiger partial charge in [0, 0.05) is 0 Å². The van der Waals surface area contributed by atoms with Gasteiger partial charge < -0.3 is 5.73 Å². The first-order valence-electron chi connectivity index (χ1n) is 3.31. The van der Waals surface area contributed by atoms with Crippen molar-refractivity contribution >= 4 is 23.3 Å². The lowest BCUT2D eigenvalue weighted by Gasteiger charge is -1.89. The van der Waals surface area contributed by atoms with Crippen LogP contribution in [0.4, 0.5) is 0 Å². The summed E-state index contributed by atoms with van der Waals surface area (Å²) in [4.78, 5) is 0.411. The number of benzene rings is 1. The van der Waals surface area contributed by atoms with E-state index in [4.69, 9.17) is 5.73 Å². The molecule has 0 aliphatic heterocycles. The van der Waals surface area contributed by atoms with Gasteiger partial charge in [-0.15, -0.1) is 0 Å². The van der Waals surface area contributed by atoms with E-state index in [1.54, 1.807) is 6.08 Å². The third kappa shape index (κ3) is 2.96. The molecule has 0 heterocycles. The molecule has 2 heteroatoms. The van der Waals surface area contributed by atoms with E-state index in [1.807, 2.05) is 36.4 Å². The number of hydrogen-bond donors (Lipinski definition) is 1. The Morgan fingerprint density at radius 3 is 2.45 bits per heavy atom. The van der Waals surface area contributed by atoms with E-state index in [0.29, 0.717) is 4.99 Å². The second kappa shape index (κ2) is 3.88. The van der Waals surface area contributed by atoms with Crippen molar-refractivity contribution in [1.82, 2.24) is 0 Å². The molecule has 0 spiro atoms. The van der Waals surface area contributed by atoms with Crippen molar-refractivity contribution in [2.24, 2.45) is 5.73 Å². The minimum absolute atomic E-state index is 0.411. The van der Waals surface area contributed by atoms with E-state index in [2.05, 4.69) is 12.2 Å². The third-order valence-electron chi connectivity index (χ3n) is 1.24. The summed E-state index contributed by atoms with van der Waals surface area (Å²) < 4.78 is 0. The summed E-state index contributed by atoms with van der Waals surface area (Å²) in [6.07, 6.45) is 3.60. The maximum Gasteiger partial charge on any atom is 0.0962 e. The fourth-order valence-electron chi connectivity index (χ4n) is 0.743. The fraction of sp³-hybridized carbons (Fsp3) is 0. The maximum absolute atomic E-state index is 5.28. The number of rotatable bonds is 2. The molecule has 0 aliphatic rings. The largest absolute Gasteiger partial charge is 0.390 e. The highest BCUT2D eigenvalue weighted by molar-refractivity contribution is 7.80. The standard InChI is InChI=1S/C9H9NS/c10-9(11)7-6-8-4-2-1-3-5-8/h1-7H,(H2,10,11)/b7-6-. The Kier molecular flexibility index (Phi) is 2.81. The third-order valence-corrected chi connectivity index (χ3v) is 1.38. The lowest BCUT2D eigenvalue weighted by molar-refractivity contribution is 1.66. The maximum atomic E-state index is 5.28. The summed E-state index contributed by atoms with van der Waals surface area (Å²) >= 11 is 4.69. The van der Waals surface area contributed by atoms with Gasteiger partial charge in [0.25, 0.3) is 0 Å². The van der Waals surface area contributed by atoms with Gasteiger partial charge in [-0.3, -0.25) is 0 Å². The summed E-state index contributed by atoms with van der Waals surface area (Å²) in [5.41, 5.74) is 6.40. The van der Waals surface area contributed by atoms with Gasteiger partial charge in [0.15, 0.2) is 0 Å². The highest BCUT2D eigenvalue weighted by Gasteiger charge is 1.81. The van der Waals surface area contributed by atoms with Crippen molar-refractivity contribution in [3.63, 3.8) is 0 Å². The molecule has 0 fully saturated rings. The van der Waals surface area contributed by atoms with Crippen LogP contribution in [-0.2, 0) is 0 Å². The van der Waals surface area contributed by atoms with Crippen LogP contribution in [0.3, 0.4) is 0 Å². The summed E-state index contributed by atoms with van der Waals surface area (Å²) in [7, 11) is 0. The molecular formula is C9H9NS. The Balaban J connectivity index is 2.72. The van der Waals surface area contributed by atoms with E-state index in [1.165, 1.54) is 0 Å². The monoisotopic (exact) mass is 163 g/mol. The van der Waals surface area contributed by atoms with E-state index in [0.717, 1.165) is 5.56 Å². The smallest absolute Gasteiger partial charge is 0.0962 e. The van der Waals surface area contributed by atoms with E-state index >= 15 is 0 Å². The number of hydrogen-bond acceptors (Lipinski definition) is 1. The number of nitrogens with two attached hydrogens (primary N) is 1. The Hall–Kier alpha value is -1.15. The molecule has 1 rings (SSSR count). The minimum atomic E-state index is 0.411. The molecule has 0 unspecified atom stereocenters. The molecular weight excluding hydrogens is 154 g/mol. The lowest BCUT2D eigenvalue weighted by atomic mass is 10.2. The van der Waals surface area contributed by atoms with Crippen LogP contribution in [0.5, 0.6) is 0 Å². The van der Waals surface area contributed by atoms with Gasteiger partial charge in [-0.2, -0.15) is 0 Å². The molecule has 0 atom stereocenters. The van der Waals surface area contributed by atoms with E-state index in [-0.39, 0.29) is 0 Å². The van der Waals surface area contributed by atoms with Gasteiger partial charge in [0.05, 0.1) is 4.99 Å². The zero-order valence-electron chi connectivity index (χ0n) is 6.03. The molecule has 1 nitrogen and oxygen atoms in total. The van der Waals surface area contributed by atoms with Crippen LogP contribution in [0.15, 0.2) is 36.4 Å². The Bertz CT molecular complexity index is 264. The van der Waals surface area contributed by atoms with Crippen molar-refractivity contribution in [1.29, 1.82) is 0 Å². The highest BCUT2D eigenvalue weighted by atomic mass is 32.1. The lowest BCUT2D eigenvalue weighted by Crippen LogP contribution is -2.01. The average molecular weight is 163 g/mol. The number of thiocarbonyl (C=S) groups is 1. The molecule has 0 amide bonds. The molecule has 2 N–H and O–H groups in total. The first-order valence-corrected chi connectivity index (χ1v) is 3.72. The van der Waals surface area contributed by atoms with Gasteiger partial charge in [0.2, 0.25) is 0 Å². The van der Waals surface area contributed by atoms with Crippen LogP contribution in [0.25, 0.3) is 6.08 Å². The van der Waals surface area contributed by atoms with Crippen LogP contribution in [0, 0.1) is 0 Å². The molecule has 0 radical (unpaired) electrons. The van der Waals surface area contributed by atoms with Crippen molar-refractivity contribution in [2.75, 3.05) is 0 Å². The molecule has 1 aromatic rings. The predicted octanol–water partition coefficient (Wildman–Crippen LogP) is 1.99. The topological polar surface area (TPSA) is 26.0 Å². The molecule has 1 aromatic carbocycles. The SMILES string of the molecule is NC(=S)/C=C\c1ccccc1. The summed E-state index contributed by atoms with van der Waals surface area (Å²) in [6.45, 7) is 0. The zero-order valence-corrected chi connectivity index (χ0v) is 6.84. The van der Waals surface area contributed by atoms with Crippen molar-refractivity contribution < 1.29 is 0 Å². The first-order chi connectivity index (χ1) is 5.29. The molecule has 0 saturated heterocycles. The van der Waals surface area contributed by atoms with Crippen molar-refractivity contribution in [2.45, 2.75) is 0 Å². The van der Waals surface area contributed by atoms with Crippen LogP contribution in [0.2, 0.25) is 0 Å². The van der Waals surface area contributed by atoms with Crippen LogP contribution in [-0.4, -0.2) is 4.99 Å². The Morgan fingerprint density at radius 1 is 1.27 bits per heavy atom. The van der Waals surface area contributed by atoms with Crippen LogP contribution >= 0.6 is 12.2 Å². The Morgan fingerprint density at radius 2 is 1.91 bits per heavy atom. The van der Waals surface area contributed by atoms with Gasteiger partial charge in [-0.25, -0.2) is 0 Å². The zero-order chi connectivity index (χ0) is 8.10. The summed E-state index contributed by atoms with van der Waals surface area (Å²) in [5, 5.41) is 0. The average Bonchev–Trinajstić information content (AvgIpc) is 2.03. The Labute approximate surface area is 71.5 Å². The molecule has 0 aromatic heterocycles. The second-order valence-corrected chi connectivity index (χ2v) is 2.62. The predicted molar refractivity (Wildman–Crippen MR) is 52.3 cm³/mol. The van der Waals surface area contributed by atoms with Gasteiger partial charge >= 0.3 is 0 Å². The van der Waals surface area contributed by atoms with E-state index < -0.39 is 0 Å². The van der Waals surface area contributed by atoms with Crippen molar-refractivity contribution in [3.8, 4) is 0 Å². The summed E-state index contributed by atoms with van der Waals surface area (Å²) in [6, 6.07) is 9.90. The van der Waals surface area contributed by atoms with Gasteiger partial charge in [0.1, 0.15) is 0 Å². The molecule has 56 valence electrons. The van der Waals surface area contributed by atoms with Crippen molar-refractivity contribution in [3.05, 3.63) is 42.0 Å². The molecule has 0 saturated carbocycles. The van der Waals surface area contributed by atoms with E-state index in [9.17, 15) is 0 Å². The molecule has 0 aliphatic carbocycles. The van der Waals surface area contributed by atoms with Gasteiger partial charge in [-0.05, 0) is 11.6 Å². The second-order valence-electron chi connectivity index (χ2n) is 2.15. The first kappa shape index (κ1) is 7.95. The van der Waals surface area contributed by atoms with Gasteiger partial charge in [-0.1, -0.05) is 48.6 Å². The molecule has 0 bridgehead atoms. The van der Waals surface area contributed by atoms with Crippen LogP contribution < -0.4 is 5.73 Å². The summed E-state index contributed by atoms with van der Waals surface area (Å²) in [5.74, 6) is 0. The van der Waals surface area contributed by atoms with Crippen LogP contribution in [0.1, 0.15) is 5.56 Å².